The Bertz CT molecular complexity index is 969. The largest absolute Gasteiger partial charge is 0.375 e. The van der Waals surface area contributed by atoms with Crippen molar-refractivity contribution in [2.24, 2.45) is 5.10 Å². The highest BCUT2D eigenvalue weighted by molar-refractivity contribution is 6.33. The zero-order chi connectivity index (χ0) is 19.6. The van der Waals surface area contributed by atoms with Gasteiger partial charge >= 0.3 is 0 Å². The predicted octanol–water partition coefficient (Wildman–Crippen LogP) is 4.99. The molecule has 5 heteroatoms. The van der Waals surface area contributed by atoms with Gasteiger partial charge in [-0.2, -0.15) is 5.10 Å². The maximum absolute atomic E-state index is 12.2. The molecule has 3 aromatic rings. The summed E-state index contributed by atoms with van der Waals surface area (Å²) in [5, 5.41) is 7.87. The lowest BCUT2D eigenvalue weighted by molar-refractivity contribution is -0.119. The van der Waals surface area contributed by atoms with Crippen LogP contribution in [0.15, 0.2) is 96.1 Å². The molecule has 0 fully saturated rings. The van der Waals surface area contributed by atoms with Crippen LogP contribution in [0.25, 0.3) is 6.08 Å². The molecule has 0 radical (unpaired) electrons. The number of benzene rings is 3. The normalized spacial score (nSPS) is 11.4. The number of nitrogens with zero attached hydrogens (tertiary/aromatic N) is 1. The number of hydrogen-bond acceptors (Lipinski definition) is 3. The number of halogens is 1. The first kappa shape index (κ1) is 19.4. The molecule has 0 saturated carbocycles. The highest BCUT2D eigenvalue weighted by Gasteiger charge is 2.04. The third kappa shape index (κ3) is 5.83. The minimum atomic E-state index is -0.263. The molecule has 0 aromatic heterocycles. The van der Waals surface area contributed by atoms with E-state index in [9.17, 15) is 4.79 Å². The fourth-order valence-electron chi connectivity index (χ4n) is 2.49. The van der Waals surface area contributed by atoms with Crippen molar-refractivity contribution >= 4 is 35.0 Å². The molecule has 0 bridgehead atoms. The summed E-state index contributed by atoms with van der Waals surface area (Å²) in [5.74, 6) is -0.263. The standard InChI is InChI=1S/C23H20ClN3O/c24-20-13-7-8-14-22(20)25-17-23(28)27-26-21(19-11-5-2-6-12-19)16-15-18-9-3-1-4-10-18/h1-16,25H,17H2,(H,27,28)/b16-15-,26-21+. The number of hydrazone groups is 1. The fraction of sp³-hybridized carbons (Fsp3) is 0.0435. The fourth-order valence-corrected chi connectivity index (χ4v) is 2.69. The molecule has 2 N–H and O–H groups in total. The van der Waals surface area contributed by atoms with E-state index in [1.807, 2.05) is 91.0 Å². The van der Waals surface area contributed by atoms with Crippen LogP contribution in [0, 0.1) is 0 Å². The number of carbonyl (C=O) groups is 1. The zero-order valence-electron chi connectivity index (χ0n) is 15.2. The summed E-state index contributed by atoms with van der Waals surface area (Å²) in [7, 11) is 0. The highest BCUT2D eigenvalue weighted by atomic mass is 35.5. The van der Waals surface area contributed by atoms with Gasteiger partial charge in [-0.1, -0.05) is 90.5 Å². The summed E-state index contributed by atoms with van der Waals surface area (Å²) < 4.78 is 0. The maximum Gasteiger partial charge on any atom is 0.259 e. The van der Waals surface area contributed by atoms with Crippen molar-refractivity contribution in [2.45, 2.75) is 0 Å². The number of rotatable bonds is 7. The van der Waals surface area contributed by atoms with Gasteiger partial charge in [0.2, 0.25) is 0 Å². The molecule has 140 valence electrons. The monoisotopic (exact) mass is 389 g/mol. The Labute approximate surface area is 169 Å². The molecule has 0 heterocycles. The summed E-state index contributed by atoms with van der Waals surface area (Å²) in [6.45, 7) is 0.0672. The van der Waals surface area contributed by atoms with Gasteiger partial charge in [-0.25, -0.2) is 5.43 Å². The van der Waals surface area contributed by atoms with E-state index in [2.05, 4.69) is 15.8 Å². The number of carbonyl (C=O) groups excluding carboxylic acids is 1. The summed E-state index contributed by atoms with van der Waals surface area (Å²) in [6, 6.07) is 26.9. The summed E-state index contributed by atoms with van der Waals surface area (Å²) >= 11 is 6.08. The highest BCUT2D eigenvalue weighted by Crippen LogP contribution is 2.19. The van der Waals surface area contributed by atoms with Crippen molar-refractivity contribution in [3.63, 3.8) is 0 Å². The zero-order valence-corrected chi connectivity index (χ0v) is 15.9. The average Bonchev–Trinajstić information content (AvgIpc) is 2.74. The van der Waals surface area contributed by atoms with Gasteiger partial charge < -0.3 is 5.32 Å². The SMILES string of the molecule is O=C(CNc1ccccc1Cl)N/N=C(\C=C/c1ccccc1)c1ccccc1. The quantitative estimate of drug-likeness (QED) is 0.442. The number of anilines is 1. The molecule has 0 spiro atoms. The van der Waals surface area contributed by atoms with E-state index in [-0.39, 0.29) is 12.5 Å². The lowest BCUT2D eigenvalue weighted by Gasteiger charge is -2.08. The van der Waals surface area contributed by atoms with Gasteiger partial charge in [-0.15, -0.1) is 0 Å². The maximum atomic E-state index is 12.2. The molecule has 0 aliphatic heterocycles. The average molecular weight is 390 g/mol. The van der Waals surface area contributed by atoms with Crippen LogP contribution >= 0.6 is 11.6 Å². The van der Waals surface area contributed by atoms with Gasteiger partial charge in [0.05, 0.1) is 23.0 Å². The molecule has 0 unspecified atom stereocenters. The Hall–Kier alpha value is -3.37. The number of hydrogen-bond donors (Lipinski definition) is 2. The Balaban J connectivity index is 1.69. The van der Waals surface area contributed by atoms with Crippen LogP contribution < -0.4 is 10.7 Å². The minimum Gasteiger partial charge on any atom is -0.375 e. The summed E-state index contributed by atoms with van der Waals surface area (Å²) in [4.78, 5) is 12.2. The lowest BCUT2D eigenvalue weighted by Crippen LogP contribution is -2.27. The minimum absolute atomic E-state index is 0.0672. The molecule has 0 aliphatic rings. The molecular weight excluding hydrogens is 370 g/mol. The first-order valence-corrected chi connectivity index (χ1v) is 9.23. The van der Waals surface area contributed by atoms with Crippen molar-refractivity contribution in [3.05, 3.63) is 107 Å². The first-order valence-electron chi connectivity index (χ1n) is 8.86. The molecule has 3 aromatic carbocycles. The topological polar surface area (TPSA) is 53.5 Å². The van der Waals surface area contributed by atoms with Crippen LogP contribution in [0.1, 0.15) is 11.1 Å². The lowest BCUT2D eigenvalue weighted by atomic mass is 10.1. The van der Waals surface area contributed by atoms with Crippen LogP contribution in [-0.4, -0.2) is 18.2 Å². The molecular formula is C23H20ClN3O. The third-order valence-electron chi connectivity index (χ3n) is 3.92. The predicted molar refractivity (Wildman–Crippen MR) is 117 cm³/mol. The van der Waals surface area contributed by atoms with E-state index in [0.717, 1.165) is 11.1 Å². The van der Waals surface area contributed by atoms with E-state index in [1.54, 1.807) is 6.07 Å². The molecule has 4 nitrogen and oxygen atoms in total. The van der Waals surface area contributed by atoms with Gasteiger partial charge in [-0.3, -0.25) is 4.79 Å². The van der Waals surface area contributed by atoms with Gasteiger partial charge in [0.1, 0.15) is 0 Å². The molecule has 1 amide bonds. The second kappa shape index (κ2) is 10.1. The summed E-state index contributed by atoms with van der Waals surface area (Å²) in [5.41, 5.74) is 5.93. The Morgan fingerprint density at radius 2 is 1.54 bits per heavy atom. The van der Waals surface area contributed by atoms with Gasteiger partial charge in [0, 0.05) is 5.56 Å². The molecule has 28 heavy (non-hydrogen) atoms. The van der Waals surface area contributed by atoms with Crippen LogP contribution in [0.5, 0.6) is 0 Å². The van der Waals surface area contributed by atoms with E-state index in [4.69, 9.17) is 11.6 Å². The van der Waals surface area contributed by atoms with Crippen molar-refractivity contribution < 1.29 is 4.79 Å². The number of nitrogens with one attached hydrogen (secondary N) is 2. The first-order chi connectivity index (χ1) is 13.7. The Morgan fingerprint density at radius 3 is 2.25 bits per heavy atom. The Kier molecular flexibility index (Phi) is 6.99. The third-order valence-corrected chi connectivity index (χ3v) is 4.25. The van der Waals surface area contributed by atoms with Crippen LogP contribution in [0.2, 0.25) is 5.02 Å². The van der Waals surface area contributed by atoms with Crippen LogP contribution in [0.3, 0.4) is 0 Å². The van der Waals surface area contributed by atoms with Crippen LogP contribution in [0.4, 0.5) is 5.69 Å². The van der Waals surface area contributed by atoms with E-state index >= 15 is 0 Å². The van der Waals surface area contributed by atoms with E-state index < -0.39 is 0 Å². The van der Waals surface area contributed by atoms with Crippen molar-refractivity contribution in [3.8, 4) is 0 Å². The van der Waals surface area contributed by atoms with Crippen molar-refractivity contribution in [1.29, 1.82) is 0 Å². The second-order valence-electron chi connectivity index (χ2n) is 5.98. The molecule has 0 saturated heterocycles. The smallest absolute Gasteiger partial charge is 0.259 e. The second-order valence-corrected chi connectivity index (χ2v) is 6.38. The number of amides is 1. The van der Waals surface area contributed by atoms with Crippen molar-refractivity contribution in [2.75, 3.05) is 11.9 Å². The Morgan fingerprint density at radius 1 is 0.893 bits per heavy atom. The summed E-state index contributed by atoms with van der Waals surface area (Å²) in [6.07, 6.45) is 3.84. The van der Waals surface area contributed by atoms with E-state index in [1.165, 1.54) is 0 Å². The van der Waals surface area contributed by atoms with Gasteiger partial charge in [0.15, 0.2) is 0 Å². The molecule has 0 atom stereocenters. The molecule has 0 aliphatic carbocycles. The van der Waals surface area contributed by atoms with Gasteiger partial charge in [-0.05, 0) is 23.8 Å². The number of para-hydroxylation sites is 1. The van der Waals surface area contributed by atoms with Gasteiger partial charge in [0.25, 0.3) is 5.91 Å². The number of allylic oxidation sites excluding steroid dienone is 1. The van der Waals surface area contributed by atoms with Crippen LogP contribution in [-0.2, 0) is 4.79 Å². The van der Waals surface area contributed by atoms with Crippen molar-refractivity contribution in [1.82, 2.24) is 5.43 Å². The van der Waals surface area contributed by atoms with E-state index in [0.29, 0.717) is 16.4 Å². The molecule has 3 rings (SSSR count).